The summed E-state index contributed by atoms with van der Waals surface area (Å²) in [4.78, 5) is 43.1. The van der Waals surface area contributed by atoms with Crippen molar-refractivity contribution in [1.29, 1.82) is 0 Å². The molecule has 8 heteroatoms. The minimum Gasteiger partial charge on any atom is -0.445 e. The van der Waals surface area contributed by atoms with E-state index in [1.54, 1.807) is 14.7 Å². The smallest absolute Gasteiger partial charge is 0.410 e. The fourth-order valence-electron chi connectivity index (χ4n) is 3.90. The van der Waals surface area contributed by atoms with Gasteiger partial charge in [-0.15, -0.1) is 0 Å². The third kappa shape index (κ3) is 6.35. The summed E-state index contributed by atoms with van der Waals surface area (Å²) in [7, 11) is 0. The molecule has 0 N–H and O–H groups in total. The van der Waals surface area contributed by atoms with E-state index in [1.807, 2.05) is 51.1 Å². The normalized spacial score (nSPS) is 19.7. The Kier molecular flexibility index (Phi) is 7.41. The molecule has 1 aromatic rings. The average molecular weight is 432 g/mol. The van der Waals surface area contributed by atoms with E-state index < -0.39 is 17.7 Å². The molecule has 0 radical (unpaired) electrons. The molecule has 0 bridgehead atoms. The number of hydrogen-bond donors (Lipinski definition) is 0. The molecule has 2 heterocycles. The summed E-state index contributed by atoms with van der Waals surface area (Å²) in [5.74, 6) is -0.0693. The van der Waals surface area contributed by atoms with Gasteiger partial charge in [-0.3, -0.25) is 9.69 Å². The maximum absolute atomic E-state index is 13.2. The molecule has 2 fully saturated rings. The molecule has 0 aliphatic carbocycles. The summed E-state index contributed by atoms with van der Waals surface area (Å²) in [6, 6.07) is 8.99. The first-order valence-corrected chi connectivity index (χ1v) is 11.0. The lowest BCUT2D eigenvalue weighted by Crippen LogP contribution is -2.49. The summed E-state index contributed by atoms with van der Waals surface area (Å²) >= 11 is 0. The van der Waals surface area contributed by atoms with Crippen molar-refractivity contribution >= 4 is 18.1 Å². The molecule has 2 saturated heterocycles. The Morgan fingerprint density at radius 1 is 0.903 bits per heavy atom. The Hall–Kier alpha value is -2.77. The van der Waals surface area contributed by atoms with E-state index in [1.165, 1.54) is 0 Å². The summed E-state index contributed by atoms with van der Waals surface area (Å²) in [6.45, 7) is 8.17. The molecule has 0 aromatic heterocycles. The molecule has 8 nitrogen and oxygen atoms in total. The SMILES string of the molecule is CC(C)(C)OC(=O)N1CCCN(C(=O)[C@H]2CCCN2C(=O)OCc2ccccc2)CC1. The van der Waals surface area contributed by atoms with Crippen LogP contribution in [0.15, 0.2) is 30.3 Å². The Balaban J connectivity index is 1.54. The lowest BCUT2D eigenvalue weighted by Gasteiger charge is -2.29. The standard InChI is InChI=1S/C23H33N3O5/c1-23(2,3)31-21(28)25-13-8-12-24(15-16-25)20(27)19-11-7-14-26(19)22(29)30-17-18-9-5-4-6-10-18/h4-6,9-10,19H,7-8,11-17H2,1-3H3/t19-/m1/s1. The fourth-order valence-corrected chi connectivity index (χ4v) is 3.90. The number of hydrogen-bond acceptors (Lipinski definition) is 5. The number of rotatable bonds is 3. The minimum absolute atomic E-state index is 0.0693. The van der Waals surface area contributed by atoms with Crippen molar-refractivity contribution in [1.82, 2.24) is 14.7 Å². The largest absolute Gasteiger partial charge is 0.445 e. The van der Waals surface area contributed by atoms with Crippen LogP contribution in [0.25, 0.3) is 0 Å². The van der Waals surface area contributed by atoms with Gasteiger partial charge in [-0.05, 0) is 45.6 Å². The number of benzene rings is 1. The minimum atomic E-state index is -0.552. The highest BCUT2D eigenvalue weighted by molar-refractivity contribution is 5.86. The third-order valence-electron chi connectivity index (χ3n) is 5.44. The quantitative estimate of drug-likeness (QED) is 0.734. The molecule has 0 unspecified atom stereocenters. The molecular weight excluding hydrogens is 398 g/mol. The van der Waals surface area contributed by atoms with Gasteiger partial charge in [-0.1, -0.05) is 30.3 Å². The van der Waals surface area contributed by atoms with Crippen LogP contribution in [0, 0.1) is 0 Å². The molecule has 1 atom stereocenters. The van der Waals surface area contributed by atoms with Gasteiger partial charge < -0.3 is 19.3 Å². The molecule has 31 heavy (non-hydrogen) atoms. The number of amides is 3. The molecule has 2 aliphatic rings. The Bertz CT molecular complexity index is 777. The molecular formula is C23H33N3O5. The van der Waals surface area contributed by atoms with Gasteiger partial charge in [0.25, 0.3) is 0 Å². The van der Waals surface area contributed by atoms with Gasteiger partial charge in [-0.25, -0.2) is 9.59 Å². The number of carbonyl (C=O) groups is 3. The predicted molar refractivity (Wildman–Crippen MR) is 115 cm³/mol. The van der Waals surface area contributed by atoms with Gasteiger partial charge in [-0.2, -0.15) is 0 Å². The number of ether oxygens (including phenoxy) is 2. The Labute approximate surface area is 184 Å². The van der Waals surface area contributed by atoms with Crippen LogP contribution < -0.4 is 0 Å². The second-order valence-electron chi connectivity index (χ2n) is 9.04. The molecule has 1 aromatic carbocycles. The van der Waals surface area contributed by atoms with Gasteiger partial charge in [0.1, 0.15) is 18.2 Å². The topological polar surface area (TPSA) is 79.4 Å². The van der Waals surface area contributed by atoms with Crippen molar-refractivity contribution in [2.24, 2.45) is 0 Å². The highest BCUT2D eigenvalue weighted by Crippen LogP contribution is 2.22. The van der Waals surface area contributed by atoms with E-state index in [0.717, 1.165) is 12.0 Å². The zero-order valence-electron chi connectivity index (χ0n) is 18.7. The van der Waals surface area contributed by atoms with Gasteiger partial charge in [0, 0.05) is 32.7 Å². The third-order valence-corrected chi connectivity index (χ3v) is 5.44. The molecule has 0 spiro atoms. The van der Waals surface area contributed by atoms with Crippen LogP contribution in [0.5, 0.6) is 0 Å². The zero-order chi connectivity index (χ0) is 22.4. The number of nitrogens with zero attached hydrogens (tertiary/aromatic N) is 3. The molecule has 170 valence electrons. The van der Waals surface area contributed by atoms with Gasteiger partial charge >= 0.3 is 12.2 Å². The van der Waals surface area contributed by atoms with Gasteiger partial charge in [0.15, 0.2) is 0 Å². The molecule has 3 amide bonds. The number of carbonyl (C=O) groups excluding carboxylic acids is 3. The highest BCUT2D eigenvalue weighted by Gasteiger charge is 2.38. The van der Waals surface area contributed by atoms with Crippen LogP contribution >= 0.6 is 0 Å². The Morgan fingerprint density at radius 2 is 1.58 bits per heavy atom. The van der Waals surface area contributed by atoms with Crippen molar-refractivity contribution in [2.75, 3.05) is 32.7 Å². The van der Waals surface area contributed by atoms with E-state index in [0.29, 0.717) is 45.6 Å². The van der Waals surface area contributed by atoms with Crippen molar-refractivity contribution in [3.05, 3.63) is 35.9 Å². The fraction of sp³-hybridized carbons (Fsp3) is 0.609. The molecule has 0 saturated carbocycles. The molecule has 3 rings (SSSR count). The summed E-state index contributed by atoms with van der Waals surface area (Å²) in [6.07, 6.45) is 1.27. The predicted octanol–water partition coefficient (Wildman–Crippen LogP) is 3.26. The first kappa shape index (κ1) is 22.9. The van der Waals surface area contributed by atoms with Crippen LogP contribution in [0.1, 0.15) is 45.6 Å². The van der Waals surface area contributed by atoms with E-state index in [-0.39, 0.29) is 18.6 Å². The summed E-state index contributed by atoms with van der Waals surface area (Å²) in [5, 5.41) is 0. The first-order valence-electron chi connectivity index (χ1n) is 11.0. The van der Waals surface area contributed by atoms with Crippen molar-refractivity contribution in [2.45, 2.75) is 58.3 Å². The van der Waals surface area contributed by atoms with Crippen LogP contribution in [0.3, 0.4) is 0 Å². The van der Waals surface area contributed by atoms with Crippen molar-refractivity contribution < 1.29 is 23.9 Å². The first-order chi connectivity index (χ1) is 14.7. The second-order valence-corrected chi connectivity index (χ2v) is 9.04. The molecule has 2 aliphatic heterocycles. The van der Waals surface area contributed by atoms with Gasteiger partial charge in [0.05, 0.1) is 0 Å². The van der Waals surface area contributed by atoms with E-state index in [4.69, 9.17) is 9.47 Å². The summed E-state index contributed by atoms with van der Waals surface area (Å²) in [5.41, 5.74) is 0.358. The summed E-state index contributed by atoms with van der Waals surface area (Å²) < 4.78 is 10.9. The van der Waals surface area contributed by atoms with E-state index in [2.05, 4.69) is 0 Å². The monoisotopic (exact) mass is 431 g/mol. The van der Waals surface area contributed by atoms with Gasteiger partial charge in [0.2, 0.25) is 5.91 Å². The van der Waals surface area contributed by atoms with E-state index >= 15 is 0 Å². The Morgan fingerprint density at radius 3 is 2.29 bits per heavy atom. The number of likely N-dealkylation sites (tertiary alicyclic amines) is 1. The lowest BCUT2D eigenvalue weighted by atomic mass is 10.2. The maximum atomic E-state index is 13.2. The van der Waals surface area contributed by atoms with Crippen LogP contribution in [0.4, 0.5) is 9.59 Å². The highest BCUT2D eigenvalue weighted by atomic mass is 16.6. The van der Waals surface area contributed by atoms with Crippen molar-refractivity contribution in [3.8, 4) is 0 Å². The second kappa shape index (κ2) is 10.0. The average Bonchev–Trinajstić information content (AvgIpc) is 3.08. The van der Waals surface area contributed by atoms with Crippen LogP contribution in [-0.2, 0) is 20.9 Å². The van der Waals surface area contributed by atoms with E-state index in [9.17, 15) is 14.4 Å². The van der Waals surface area contributed by atoms with Crippen LogP contribution in [-0.4, -0.2) is 77.2 Å². The zero-order valence-corrected chi connectivity index (χ0v) is 18.7. The maximum Gasteiger partial charge on any atom is 0.410 e. The van der Waals surface area contributed by atoms with Crippen molar-refractivity contribution in [3.63, 3.8) is 0 Å². The lowest BCUT2D eigenvalue weighted by molar-refractivity contribution is -0.135. The van der Waals surface area contributed by atoms with Crippen LogP contribution in [0.2, 0.25) is 0 Å².